The Hall–Kier alpha value is -3.97. The summed E-state index contributed by atoms with van der Waals surface area (Å²) in [5.41, 5.74) is 0.993. The van der Waals surface area contributed by atoms with E-state index >= 15 is 0 Å². The number of carbonyl (C=O) groups is 1. The molecule has 0 atom stereocenters. The zero-order valence-electron chi connectivity index (χ0n) is 23.7. The first-order valence-electron chi connectivity index (χ1n) is 13.2. The summed E-state index contributed by atoms with van der Waals surface area (Å²) in [4.78, 5) is 27.2. The molecule has 0 bridgehead atoms. The van der Waals surface area contributed by atoms with Crippen LogP contribution in [0.15, 0.2) is 41.6 Å². The average molecular weight is 583 g/mol. The first kappa shape index (κ1) is 28.6. The first-order valence-corrected chi connectivity index (χ1v) is 15.1. The Morgan fingerprint density at radius 2 is 1.80 bits per heavy atom. The molecule has 12 nitrogen and oxygen atoms in total. The lowest BCUT2D eigenvalue weighted by atomic mass is 9.93. The summed E-state index contributed by atoms with van der Waals surface area (Å²) in [5.74, 6) is 1.15. The van der Waals surface area contributed by atoms with Crippen molar-refractivity contribution >= 4 is 38.8 Å². The number of hydrogen-bond acceptors (Lipinski definition) is 11. The van der Waals surface area contributed by atoms with E-state index in [4.69, 9.17) is 9.47 Å². The Balaban J connectivity index is 1.55. The van der Waals surface area contributed by atoms with E-state index in [1.54, 1.807) is 43.5 Å². The second kappa shape index (κ2) is 10.5. The molecule has 3 aromatic heterocycles. The molecular weight excluding hydrogens is 548 g/mol. The number of nitrogens with zero attached hydrogens (tertiary/aromatic N) is 4. The van der Waals surface area contributed by atoms with Crippen LogP contribution in [-0.4, -0.2) is 71.5 Å². The van der Waals surface area contributed by atoms with E-state index in [0.29, 0.717) is 72.6 Å². The van der Waals surface area contributed by atoms with Gasteiger partial charge in [-0.3, -0.25) is 4.79 Å². The number of pyridine rings is 3. The van der Waals surface area contributed by atoms with E-state index in [1.807, 2.05) is 18.7 Å². The van der Waals surface area contributed by atoms with Crippen molar-refractivity contribution in [2.75, 3.05) is 41.5 Å². The van der Waals surface area contributed by atoms with Crippen LogP contribution in [-0.2, 0) is 14.6 Å². The molecule has 5 heterocycles. The van der Waals surface area contributed by atoms with E-state index < -0.39 is 21.0 Å². The van der Waals surface area contributed by atoms with Gasteiger partial charge in [0.15, 0.2) is 20.6 Å². The number of amides is 1. The molecular formula is C28H34N6O6S. The molecule has 0 radical (unpaired) electrons. The summed E-state index contributed by atoms with van der Waals surface area (Å²) in [6.45, 7) is 8.49. The fourth-order valence-corrected chi connectivity index (χ4v) is 5.25. The molecule has 41 heavy (non-hydrogen) atoms. The Kier molecular flexibility index (Phi) is 7.28. The molecule has 1 saturated heterocycles. The van der Waals surface area contributed by atoms with Crippen LogP contribution >= 0.6 is 0 Å². The van der Waals surface area contributed by atoms with Crippen molar-refractivity contribution in [3.8, 4) is 22.9 Å². The second-order valence-corrected chi connectivity index (χ2v) is 13.3. The van der Waals surface area contributed by atoms with Crippen LogP contribution in [0.3, 0.4) is 0 Å². The summed E-state index contributed by atoms with van der Waals surface area (Å²) in [7, 11) is -3.65. The summed E-state index contributed by atoms with van der Waals surface area (Å²) in [6, 6.07) is 8.48. The van der Waals surface area contributed by atoms with Crippen LogP contribution in [0.25, 0.3) is 11.3 Å². The van der Waals surface area contributed by atoms with Crippen molar-refractivity contribution in [2.24, 2.45) is 0 Å². The Bertz CT molecular complexity index is 1600. The monoisotopic (exact) mass is 582 g/mol. The Morgan fingerprint density at radius 1 is 1.07 bits per heavy atom. The number of aliphatic hydroxyl groups is 1. The van der Waals surface area contributed by atoms with Crippen LogP contribution in [0.1, 0.15) is 40.5 Å². The van der Waals surface area contributed by atoms with Gasteiger partial charge in [0.2, 0.25) is 5.91 Å². The van der Waals surface area contributed by atoms with Gasteiger partial charge in [0, 0.05) is 55.8 Å². The highest BCUT2D eigenvalue weighted by Gasteiger charge is 2.30. The van der Waals surface area contributed by atoms with Crippen molar-refractivity contribution in [3.05, 3.63) is 36.5 Å². The van der Waals surface area contributed by atoms with E-state index in [2.05, 4.69) is 25.6 Å². The standard InChI is InChI=1S/C28H34N6O6S/c1-17(35)30-23-14-21(19(15-29-23)20-6-7-22-26(32-20)39-16-27(2,3)40-22)31-24-12-18(13-25(33-24)41(5,37)38)34-10-8-28(4,36)9-11-34/h6-7,12-15,36H,8-11,16H2,1-5H3,(H2,29,30,31,33,35). The number of piperidine rings is 1. The van der Waals surface area contributed by atoms with Gasteiger partial charge in [-0.05, 0) is 51.8 Å². The van der Waals surface area contributed by atoms with Crippen molar-refractivity contribution in [1.82, 2.24) is 15.0 Å². The number of anilines is 4. The first-order chi connectivity index (χ1) is 19.2. The molecule has 0 saturated carbocycles. The van der Waals surface area contributed by atoms with Gasteiger partial charge in [0.05, 0.1) is 17.0 Å². The number of fused-ring (bicyclic) bond motifs is 1. The molecule has 1 fully saturated rings. The summed E-state index contributed by atoms with van der Waals surface area (Å²) in [6.07, 6.45) is 3.77. The predicted molar refractivity (Wildman–Crippen MR) is 155 cm³/mol. The van der Waals surface area contributed by atoms with Crippen molar-refractivity contribution in [2.45, 2.75) is 56.8 Å². The van der Waals surface area contributed by atoms with E-state index in [9.17, 15) is 18.3 Å². The lowest BCUT2D eigenvalue weighted by molar-refractivity contribution is -0.114. The zero-order chi connectivity index (χ0) is 29.6. The molecule has 3 N–H and O–H groups in total. The number of carbonyl (C=O) groups excluding carboxylic acids is 1. The van der Waals surface area contributed by atoms with Crippen LogP contribution in [0.5, 0.6) is 11.6 Å². The molecule has 3 aromatic rings. The normalized spacial score (nSPS) is 17.6. The fourth-order valence-electron chi connectivity index (χ4n) is 4.65. The molecule has 0 aliphatic carbocycles. The highest BCUT2D eigenvalue weighted by Crippen LogP contribution is 2.38. The molecule has 0 spiro atoms. The Labute approximate surface area is 239 Å². The highest BCUT2D eigenvalue weighted by atomic mass is 32.2. The Morgan fingerprint density at radius 3 is 2.49 bits per heavy atom. The third kappa shape index (κ3) is 6.68. The third-order valence-electron chi connectivity index (χ3n) is 6.89. The molecule has 0 aromatic carbocycles. The lowest BCUT2D eigenvalue weighted by Gasteiger charge is -2.37. The van der Waals surface area contributed by atoms with Crippen molar-refractivity contribution in [1.29, 1.82) is 0 Å². The van der Waals surface area contributed by atoms with Gasteiger partial charge in [-0.25, -0.2) is 23.4 Å². The molecule has 2 aliphatic rings. The van der Waals surface area contributed by atoms with Gasteiger partial charge in [0.1, 0.15) is 23.8 Å². The van der Waals surface area contributed by atoms with Gasteiger partial charge >= 0.3 is 0 Å². The second-order valence-electron chi connectivity index (χ2n) is 11.4. The highest BCUT2D eigenvalue weighted by molar-refractivity contribution is 7.90. The fraction of sp³-hybridized carbons (Fsp3) is 0.429. The van der Waals surface area contributed by atoms with E-state index in [1.165, 1.54) is 6.92 Å². The molecule has 5 rings (SSSR count). The third-order valence-corrected chi connectivity index (χ3v) is 7.86. The van der Waals surface area contributed by atoms with E-state index in [-0.39, 0.29) is 16.8 Å². The molecule has 13 heteroatoms. The molecule has 0 unspecified atom stereocenters. The maximum absolute atomic E-state index is 12.6. The quantitative estimate of drug-likeness (QED) is 0.391. The lowest BCUT2D eigenvalue weighted by Crippen LogP contribution is -2.42. The molecule has 1 amide bonds. The van der Waals surface area contributed by atoms with Crippen LogP contribution < -0.4 is 25.0 Å². The maximum atomic E-state index is 12.6. The predicted octanol–water partition coefficient (Wildman–Crippen LogP) is 3.55. The smallest absolute Gasteiger partial charge is 0.257 e. The summed E-state index contributed by atoms with van der Waals surface area (Å²) >= 11 is 0. The maximum Gasteiger partial charge on any atom is 0.257 e. The van der Waals surface area contributed by atoms with Gasteiger partial charge < -0.3 is 30.1 Å². The van der Waals surface area contributed by atoms with Crippen LogP contribution in [0.2, 0.25) is 0 Å². The average Bonchev–Trinajstić information content (AvgIpc) is 2.87. The zero-order valence-corrected chi connectivity index (χ0v) is 24.5. The molecule has 218 valence electrons. The van der Waals surface area contributed by atoms with Gasteiger partial charge in [0.25, 0.3) is 5.88 Å². The number of ether oxygens (including phenoxy) is 2. The summed E-state index contributed by atoms with van der Waals surface area (Å²) in [5, 5.41) is 16.2. The van der Waals surface area contributed by atoms with Gasteiger partial charge in [-0.15, -0.1) is 0 Å². The van der Waals surface area contributed by atoms with E-state index in [0.717, 1.165) is 6.26 Å². The number of sulfone groups is 1. The number of rotatable bonds is 6. The topological polar surface area (TPSA) is 156 Å². The number of aromatic nitrogens is 3. The SMILES string of the molecule is CC(=O)Nc1cc(Nc2cc(N3CCC(C)(O)CC3)cc(S(C)(=O)=O)n2)c(-c2ccc3c(n2)OCC(C)(C)O3)cn1. The number of hydrogen-bond donors (Lipinski definition) is 3. The van der Waals surface area contributed by atoms with Crippen LogP contribution in [0.4, 0.5) is 23.0 Å². The van der Waals surface area contributed by atoms with Crippen LogP contribution in [0, 0.1) is 0 Å². The van der Waals surface area contributed by atoms with Gasteiger partial charge in [-0.1, -0.05) is 0 Å². The minimum absolute atomic E-state index is 0.0902. The number of nitrogens with one attached hydrogen (secondary N) is 2. The largest absolute Gasteiger partial charge is 0.479 e. The summed E-state index contributed by atoms with van der Waals surface area (Å²) < 4.78 is 37.0. The molecule has 2 aliphatic heterocycles. The van der Waals surface area contributed by atoms with Crippen molar-refractivity contribution in [3.63, 3.8) is 0 Å². The minimum atomic E-state index is -3.65. The minimum Gasteiger partial charge on any atom is -0.479 e. The van der Waals surface area contributed by atoms with Gasteiger partial charge in [-0.2, -0.15) is 0 Å². The van der Waals surface area contributed by atoms with Crippen molar-refractivity contribution < 1.29 is 27.8 Å².